The number of rotatable bonds is 11. The molecule has 4 aromatic rings. The maximum Gasteiger partial charge on any atom is 0.319 e. The Morgan fingerprint density at radius 2 is 1.77 bits per heavy atom. The van der Waals surface area contributed by atoms with Gasteiger partial charge in [0.05, 0.1) is 37.9 Å². The summed E-state index contributed by atoms with van der Waals surface area (Å²) < 4.78 is 58.6. The topological polar surface area (TPSA) is 116 Å². The molecule has 4 heterocycles. The zero-order chi connectivity index (χ0) is 39.7. The second-order valence-electron chi connectivity index (χ2n) is 15.0. The molecule has 2 saturated heterocycles. The molecule has 2 aromatic carbocycles. The van der Waals surface area contributed by atoms with Crippen LogP contribution in [0.1, 0.15) is 57.9 Å². The number of anilines is 1. The van der Waals surface area contributed by atoms with Gasteiger partial charge in [-0.15, -0.1) is 12.8 Å². The van der Waals surface area contributed by atoms with E-state index >= 15 is 8.78 Å². The molecule has 0 radical (unpaired) electrons. The van der Waals surface area contributed by atoms with Crippen molar-refractivity contribution in [2.75, 3.05) is 57.9 Å². The minimum Gasteiger partial charge on any atom is -0.508 e. The number of hydrogen-bond acceptors (Lipinski definition) is 9. The van der Waals surface area contributed by atoms with E-state index in [0.717, 1.165) is 19.4 Å². The van der Waals surface area contributed by atoms with E-state index in [4.69, 9.17) is 27.3 Å². The molecule has 294 valence electrons. The van der Waals surface area contributed by atoms with E-state index in [9.17, 15) is 14.3 Å². The number of phenolic OH excluding ortho intramolecular Hbond substituents is 1. The van der Waals surface area contributed by atoms with Gasteiger partial charge in [-0.25, -0.2) is 22.9 Å². The van der Waals surface area contributed by atoms with Crippen LogP contribution in [0.3, 0.4) is 0 Å². The van der Waals surface area contributed by atoms with Crippen molar-refractivity contribution in [2.24, 2.45) is 5.41 Å². The van der Waals surface area contributed by atoms with Gasteiger partial charge in [0.1, 0.15) is 40.2 Å². The monoisotopic (exact) mass is 769 g/mol. The van der Waals surface area contributed by atoms with Crippen molar-refractivity contribution in [1.29, 1.82) is 0 Å². The number of piperazine rings is 1. The molecule has 3 fully saturated rings. The molecule has 7 rings (SSSR count). The second kappa shape index (κ2) is 15.9. The van der Waals surface area contributed by atoms with Crippen LogP contribution in [-0.4, -0.2) is 107 Å². The highest BCUT2D eigenvalue weighted by Gasteiger charge is 2.46. The number of phenols is 1. The fraction of sp³-hybridized carbons (Fsp3) is 0.476. The van der Waals surface area contributed by atoms with Crippen molar-refractivity contribution in [2.45, 2.75) is 70.6 Å². The lowest BCUT2D eigenvalue weighted by atomic mass is 9.95. The smallest absolute Gasteiger partial charge is 0.319 e. The van der Waals surface area contributed by atoms with Crippen LogP contribution in [0.15, 0.2) is 24.3 Å². The Hall–Kier alpha value is -5.47. The lowest BCUT2D eigenvalue weighted by Gasteiger charge is -2.47. The lowest BCUT2D eigenvalue weighted by molar-refractivity contribution is 0.107. The number of likely N-dealkylation sites (tertiary alicyclic amines) is 1. The Bertz CT molecular complexity index is 2210. The highest BCUT2D eigenvalue weighted by molar-refractivity contribution is 6.04. The number of benzene rings is 2. The molecule has 2 amide bonds. The molecule has 56 heavy (non-hydrogen) atoms. The number of pyridine rings is 1. The number of aromatic hydroxyl groups is 1. The molecule has 2 aromatic heterocycles. The van der Waals surface area contributed by atoms with Crippen molar-refractivity contribution in [3.8, 4) is 53.6 Å². The number of carbonyl (C=O) groups is 1. The SMILES string of the molecule is C#CCNC(=O)N1C(CC)CN(c2nc(OCC3(CN4CCC(F)CC4)CC3)nc3c(F)c(-c4cc(O)cc5ccc(F)c(C#C)c45)nc(OC)c23)CC1CC. The summed E-state index contributed by atoms with van der Waals surface area (Å²) in [6.07, 6.45) is 14.5. The van der Waals surface area contributed by atoms with Crippen LogP contribution in [0.4, 0.5) is 23.8 Å². The lowest BCUT2D eigenvalue weighted by Crippen LogP contribution is -2.62. The molecular weight excluding hydrogens is 724 g/mol. The number of nitrogens with zero attached hydrogens (tertiary/aromatic N) is 6. The molecule has 0 spiro atoms. The van der Waals surface area contributed by atoms with Crippen molar-refractivity contribution in [1.82, 2.24) is 30.1 Å². The minimum atomic E-state index is -0.880. The van der Waals surface area contributed by atoms with Crippen LogP contribution < -0.4 is 19.7 Å². The molecular formula is C42H46F3N7O4. The van der Waals surface area contributed by atoms with E-state index in [1.54, 1.807) is 0 Å². The van der Waals surface area contributed by atoms with Gasteiger partial charge in [-0.3, -0.25) is 0 Å². The van der Waals surface area contributed by atoms with Gasteiger partial charge in [0.25, 0.3) is 0 Å². The predicted molar refractivity (Wildman–Crippen MR) is 209 cm³/mol. The summed E-state index contributed by atoms with van der Waals surface area (Å²) in [6.45, 7) is 7.11. The Morgan fingerprint density at radius 1 is 1.05 bits per heavy atom. The van der Waals surface area contributed by atoms with Gasteiger partial charge >= 0.3 is 12.0 Å². The van der Waals surface area contributed by atoms with Crippen molar-refractivity contribution >= 4 is 33.5 Å². The summed E-state index contributed by atoms with van der Waals surface area (Å²) in [6, 6.07) is 4.48. The third-order valence-electron chi connectivity index (χ3n) is 11.4. The number of hydrogen-bond donors (Lipinski definition) is 2. The Kier molecular flexibility index (Phi) is 11.0. The van der Waals surface area contributed by atoms with Gasteiger partial charge in [-0.2, -0.15) is 9.97 Å². The highest BCUT2D eigenvalue weighted by atomic mass is 19.1. The van der Waals surface area contributed by atoms with Crippen LogP contribution in [0.2, 0.25) is 0 Å². The summed E-state index contributed by atoms with van der Waals surface area (Å²) in [7, 11) is 1.39. The van der Waals surface area contributed by atoms with E-state index < -0.39 is 17.8 Å². The highest BCUT2D eigenvalue weighted by Crippen LogP contribution is 2.47. The fourth-order valence-corrected chi connectivity index (χ4v) is 8.18. The van der Waals surface area contributed by atoms with E-state index in [1.165, 1.54) is 31.4 Å². The largest absolute Gasteiger partial charge is 0.508 e. The van der Waals surface area contributed by atoms with E-state index in [2.05, 4.69) is 32.0 Å². The standard InChI is InChI=1S/C42H46F3N7O4/c1-6-16-46-41(54)52-27(7-2)21-51(22-28(52)8-3)38-34-37(48-40(49-38)56-24-42(14-15-42)23-50-17-12-26(43)13-18-50)35(45)36(47-39(34)55-5)31-20-29(53)19-25-10-11-32(44)30(9-4)33(25)31/h1,4,10-11,19-20,26-28,53H,7-8,12-18,21-24H2,2-3,5H3,(H,46,54). The van der Waals surface area contributed by atoms with Crippen LogP contribution >= 0.6 is 0 Å². The third-order valence-corrected chi connectivity index (χ3v) is 11.4. The number of carbonyl (C=O) groups excluding carboxylic acids is 1. The zero-order valence-electron chi connectivity index (χ0n) is 31.9. The number of amides is 2. The maximum absolute atomic E-state index is 17.4. The molecule has 2 atom stereocenters. The van der Waals surface area contributed by atoms with Crippen molar-refractivity contribution in [3.63, 3.8) is 0 Å². The number of ether oxygens (including phenoxy) is 2. The van der Waals surface area contributed by atoms with Gasteiger partial charge in [0.15, 0.2) is 5.82 Å². The summed E-state index contributed by atoms with van der Waals surface area (Å²) in [5.74, 6) is 3.35. The molecule has 14 heteroatoms. The van der Waals surface area contributed by atoms with E-state index in [0.29, 0.717) is 63.1 Å². The molecule has 0 bridgehead atoms. The number of aromatic nitrogens is 3. The van der Waals surface area contributed by atoms with Gasteiger partial charge in [0.2, 0.25) is 5.88 Å². The number of terminal acetylenes is 2. The Morgan fingerprint density at radius 3 is 2.39 bits per heavy atom. The van der Waals surface area contributed by atoms with Crippen LogP contribution in [-0.2, 0) is 0 Å². The Labute approximate surface area is 324 Å². The summed E-state index contributed by atoms with van der Waals surface area (Å²) in [4.78, 5) is 33.6. The molecule has 1 saturated carbocycles. The summed E-state index contributed by atoms with van der Waals surface area (Å²) in [5.41, 5.74) is -0.667. The first-order chi connectivity index (χ1) is 27.0. The molecule has 11 nitrogen and oxygen atoms in total. The number of fused-ring (bicyclic) bond motifs is 2. The second-order valence-corrected chi connectivity index (χ2v) is 15.0. The number of piperidine rings is 1. The average molecular weight is 770 g/mol. The van der Waals surface area contributed by atoms with Crippen molar-refractivity contribution in [3.05, 3.63) is 41.5 Å². The molecule has 3 aliphatic rings. The minimum absolute atomic E-state index is 0.0154. The first-order valence-electron chi connectivity index (χ1n) is 19.1. The van der Waals surface area contributed by atoms with Gasteiger partial charge in [-0.1, -0.05) is 31.8 Å². The molecule has 1 aliphatic carbocycles. The average Bonchev–Trinajstić information content (AvgIpc) is 3.98. The van der Waals surface area contributed by atoms with E-state index in [-0.39, 0.29) is 87.4 Å². The van der Waals surface area contributed by atoms with Crippen LogP contribution in [0, 0.1) is 41.7 Å². The van der Waals surface area contributed by atoms with Gasteiger partial charge < -0.3 is 34.6 Å². The number of urea groups is 1. The number of methoxy groups -OCH3 is 1. The first-order valence-corrected chi connectivity index (χ1v) is 19.1. The summed E-state index contributed by atoms with van der Waals surface area (Å²) in [5, 5.41) is 14.3. The summed E-state index contributed by atoms with van der Waals surface area (Å²) >= 11 is 0. The van der Waals surface area contributed by atoms with Gasteiger partial charge in [-0.05, 0) is 62.1 Å². The van der Waals surface area contributed by atoms with Crippen molar-refractivity contribution < 1.29 is 32.5 Å². The number of alkyl halides is 1. The van der Waals surface area contributed by atoms with Gasteiger partial charge in [0, 0.05) is 49.1 Å². The van der Waals surface area contributed by atoms with E-state index in [1.807, 2.05) is 23.6 Å². The first kappa shape index (κ1) is 38.8. The maximum atomic E-state index is 17.4. The molecule has 2 aliphatic heterocycles. The zero-order valence-corrected chi connectivity index (χ0v) is 31.9. The normalized spacial score (nSPS) is 19.8. The molecule has 2 unspecified atom stereocenters. The van der Waals surface area contributed by atoms with Crippen LogP contribution in [0.25, 0.3) is 32.9 Å². The van der Waals surface area contributed by atoms with Crippen LogP contribution in [0.5, 0.6) is 17.6 Å². The Balaban J connectivity index is 1.36. The fourth-order valence-electron chi connectivity index (χ4n) is 8.18. The molecule has 2 N–H and O–H groups in total. The predicted octanol–water partition coefficient (Wildman–Crippen LogP) is 6.43. The number of halogens is 3. The quantitative estimate of drug-likeness (QED) is 0.167. The third kappa shape index (κ3) is 7.42. The number of nitrogens with one attached hydrogen (secondary N) is 1.